The Morgan fingerprint density at radius 1 is 1.02 bits per heavy atom. The van der Waals surface area contributed by atoms with Crippen LogP contribution in [0.3, 0.4) is 0 Å². The summed E-state index contributed by atoms with van der Waals surface area (Å²) >= 11 is 6.80. The number of ether oxygens (including phenoxy) is 5. The molecule has 52 heavy (non-hydrogen) atoms. The zero-order chi connectivity index (χ0) is 36.6. The smallest absolute Gasteiger partial charge is 0.331 e. The third-order valence-corrected chi connectivity index (χ3v) is 9.24. The zero-order valence-corrected chi connectivity index (χ0v) is 29.9. The van der Waals surface area contributed by atoms with Gasteiger partial charge in [0.25, 0.3) is 5.91 Å². The second-order valence-corrected chi connectivity index (χ2v) is 13.0. The van der Waals surface area contributed by atoms with Gasteiger partial charge in [0, 0.05) is 49.2 Å². The molecule has 3 aromatic carbocycles. The Morgan fingerprint density at radius 3 is 2.60 bits per heavy atom. The van der Waals surface area contributed by atoms with Crippen LogP contribution in [0.4, 0.5) is 0 Å². The normalized spacial score (nSPS) is 15.9. The van der Waals surface area contributed by atoms with Gasteiger partial charge in [0.2, 0.25) is 0 Å². The number of nitrogens with zero attached hydrogens (tertiary/aromatic N) is 2. The lowest BCUT2D eigenvalue weighted by Crippen LogP contribution is -2.44. The molecule has 3 heterocycles. The topological polar surface area (TPSA) is 149 Å². The first-order valence-corrected chi connectivity index (χ1v) is 17.6. The van der Waals surface area contributed by atoms with Crippen LogP contribution in [0, 0.1) is 6.92 Å². The molecule has 12 nitrogen and oxygen atoms in total. The second-order valence-electron chi connectivity index (χ2n) is 12.6. The van der Waals surface area contributed by atoms with Crippen molar-refractivity contribution >= 4 is 23.5 Å². The Bertz CT molecular complexity index is 1910. The summed E-state index contributed by atoms with van der Waals surface area (Å²) < 4.78 is 29.1. The molecule has 1 unspecified atom stereocenters. The first-order chi connectivity index (χ1) is 25.2. The Morgan fingerprint density at radius 2 is 1.83 bits per heavy atom. The molecule has 0 saturated carbocycles. The van der Waals surface area contributed by atoms with Gasteiger partial charge in [0.1, 0.15) is 37.9 Å². The van der Waals surface area contributed by atoms with Gasteiger partial charge < -0.3 is 39.2 Å². The summed E-state index contributed by atoms with van der Waals surface area (Å²) in [5.41, 5.74) is 5.68. The zero-order valence-electron chi connectivity index (χ0n) is 29.1. The summed E-state index contributed by atoms with van der Waals surface area (Å²) in [6.07, 6.45) is 3.23. The van der Waals surface area contributed by atoms with Crippen LogP contribution >= 0.6 is 11.6 Å². The van der Waals surface area contributed by atoms with Crippen LogP contribution < -0.4 is 24.3 Å². The van der Waals surface area contributed by atoms with E-state index in [2.05, 4.69) is 28.2 Å². The van der Waals surface area contributed by atoms with Crippen molar-refractivity contribution in [2.24, 2.45) is 0 Å². The molecule has 3 N–H and O–H groups in total. The Balaban J connectivity index is 1.19. The molecule has 1 saturated heterocycles. The largest absolute Gasteiger partial charge is 0.488 e. The minimum Gasteiger partial charge on any atom is -0.488 e. The minimum absolute atomic E-state index is 0.0583. The van der Waals surface area contributed by atoms with E-state index < -0.39 is 30.6 Å². The number of carbonyl (C=O) groups excluding carboxylic acids is 2. The number of carbonyl (C=O) groups is 2. The first kappa shape index (κ1) is 36.9. The quantitative estimate of drug-likeness (QED) is 0.153. The van der Waals surface area contributed by atoms with E-state index >= 15 is 0 Å². The highest BCUT2D eigenvalue weighted by molar-refractivity contribution is 6.32. The molecular formula is C39H42ClN3O9. The van der Waals surface area contributed by atoms with Crippen molar-refractivity contribution in [1.29, 1.82) is 0 Å². The SMILES string of the molecule is CCOC(=O)C(CO)NC(=O)c1cncc(COc2cc(OCc3cccc(-c4ccc5c(c4)OCCO5)c3C)c(Cl)cc2CN2CC[C@H](O)C2)c1. The van der Waals surface area contributed by atoms with E-state index in [-0.39, 0.29) is 25.4 Å². The number of hydrogen-bond acceptors (Lipinski definition) is 11. The third kappa shape index (κ3) is 8.94. The molecule has 274 valence electrons. The number of fused-ring (bicyclic) bond motifs is 1. The number of halogens is 1. The molecule has 13 heteroatoms. The predicted molar refractivity (Wildman–Crippen MR) is 193 cm³/mol. The van der Waals surface area contributed by atoms with Gasteiger partial charge in [-0.2, -0.15) is 0 Å². The molecule has 1 aromatic heterocycles. The van der Waals surface area contributed by atoms with E-state index in [0.29, 0.717) is 54.8 Å². The monoisotopic (exact) mass is 731 g/mol. The fraction of sp³-hybridized carbons (Fsp3) is 0.359. The van der Waals surface area contributed by atoms with E-state index in [9.17, 15) is 19.8 Å². The molecule has 0 radical (unpaired) electrons. The van der Waals surface area contributed by atoms with Crippen molar-refractivity contribution in [2.75, 3.05) is 39.5 Å². The van der Waals surface area contributed by atoms with Crippen LogP contribution in [0.25, 0.3) is 11.1 Å². The van der Waals surface area contributed by atoms with E-state index in [1.165, 1.54) is 6.20 Å². The molecule has 2 aliphatic heterocycles. The third-order valence-electron chi connectivity index (χ3n) is 8.95. The molecule has 6 rings (SSSR count). The lowest BCUT2D eigenvalue weighted by atomic mass is 9.96. The van der Waals surface area contributed by atoms with E-state index in [1.54, 1.807) is 25.3 Å². The van der Waals surface area contributed by atoms with Crippen molar-refractivity contribution in [3.05, 3.63) is 99.8 Å². The number of amides is 1. The van der Waals surface area contributed by atoms with Crippen molar-refractivity contribution < 1.29 is 43.5 Å². The van der Waals surface area contributed by atoms with Gasteiger partial charge in [0.05, 0.1) is 29.9 Å². The Labute approximate surface area is 307 Å². The van der Waals surface area contributed by atoms with Gasteiger partial charge in [-0.3, -0.25) is 14.7 Å². The molecular weight excluding hydrogens is 690 g/mol. The number of benzene rings is 3. The molecule has 0 aliphatic carbocycles. The van der Waals surface area contributed by atoms with Gasteiger partial charge in [-0.1, -0.05) is 35.9 Å². The van der Waals surface area contributed by atoms with Gasteiger partial charge in [0.15, 0.2) is 17.5 Å². The van der Waals surface area contributed by atoms with Crippen LogP contribution in [-0.2, 0) is 29.3 Å². The number of hydrogen-bond donors (Lipinski definition) is 3. The number of rotatable bonds is 14. The molecule has 1 amide bonds. The van der Waals surface area contributed by atoms with Crippen LogP contribution in [-0.4, -0.2) is 83.6 Å². The maximum absolute atomic E-state index is 12.9. The lowest BCUT2D eigenvalue weighted by molar-refractivity contribution is -0.146. The minimum atomic E-state index is -1.20. The number of esters is 1. The van der Waals surface area contributed by atoms with Crippen LogP contribution in [0.15, 0.2) is 67.0 Å². The number of pyridine rings is 1. The van der Waals surface area contributed by atoms with Gasteiger partial charge >= 0.3 is 5.97 Å². The van der Waals surface area contributed by atoms with Crippen molar-refractivity contribution in [1.82, 2.24) is 15.2 Å². The van der Waals surface area contributed by atoms with Crippen LogP contribution in [0.1, 0.15) is 46.0 Å². The molecule has 0 bridgehead atoms. The summed E-state index contributed by atoms with van der Waals surface area (Å²) in [6.45, 7) is 6.33. The number of aromatic nitrogens is 1. The van der Waals surface area contributed by atoms with E-state index in [1.807, 2.05) is 36.4 Å². The Hall–Kier alpha value is -4.88. The number of aliphatic hydroxyl groups excluding tert-OH is 2. The van der Waals surface area contributed by atoms with Crippen molar-refractivity contribution in [2.45, 2.75) is 52.2 Å². The average Bonchev–Trinajstić information content (AvgIpc) is 3.57. The standard InChI is InChI=1S/C39H42ClN3O9/c1-3-48-39(47)33(21-44)42-38(46)28-13-25(17-41-18-28)22-51-35-16-36(32(40)14-29(35)19-43-10-9-30(45)20-43)52-23-27-5-4-6-31(24(27)2)26-7-8-34-37(15-26)50-12-11-49-34/h4-8,13-18,30,33,44-45H,3,9-12,19-23H2,1-2H3,(H,42,46)/t30-,33?/m0/s1. The fourth-order valence-corrected chi connectivity index (χ4v) is 6.42. The number of aliphatic hydroxyl groups is 2. The molecule has 0 spiro atoms. The van der Waals surface area contributed by atoms with E-state index in [0.717, 1.165) is 45.9 Å². The molecule has 2 atom stereocenters. The van der Waals surface area contributed by atoms with Crippen molar-refractivity contribution in [3.63, 3.8) is 0 Å². The number of β-amino-alcohol motifs (C(OH)–C–C–N with tert-alkyl or cyclic N) is 1. The summed E-state index contributed by atoms with van der Waals surface area (Å²) in [5, 5.41) is 22.6. The number of nitrogens with one attached hydrogen (secondary N) is 1. The summed E-state index contributed by atoms with van der Waals surface area (Å²) in [7, 11) is 0. The summed E-state index contributed by atoms with van der Waals surface area (Å²) in [5.74, 6) is 1.10. The fourth-order valence-electron chi connectivity index (χ4n) is 6.18. The predicted octanol–water partition coefficient (Wildman–Crippen LogP) is 4.86. The first-order valence-electron chi connectivity index (χ1n) is 17.2. The van der Waals surface area contributed by atoms with Gasteiger partial charge in [-0.15, -0.1) is 0 Å². The lowest BCUT2D eigenvalue weighted by Gasteiger charge is -2.21. The highest BCUT2D eigenvalue weighted by atomic mass is 35.5. The second kappa shape index (κ2) is 17.1. The van der Waals surface area contributed by atoms with Crippen LogP contribution in [0.2, 0.25) is 5.02 Å². The van der Waals surface area contributed by atoms with E-state index in [4.69, 9.17) is 35.3 Å². The maximum Gasteiger partial charge on any atom is 0.331 e. The number of likely N-dealkylation sites (tertiary alicyclic amines) is 1. The Kier molecular flexibility index (Phi) is 12.1. The highest BCUT2D eigenvalue weighted by Gasteiger charge is 2.24. The average molecular weight is 732 g/mol. The van der Waals surface area contributed by atoms with Crippen molar-refractivity contribution in [3.8, 4) is 34.1 Å². The maximum atomic E-state index is 12.9. The molecule has 2 aliphatic rings. The summed E-state index contributed by atoms with van der Waals surface area (Å²) in [6, 6.07) is 16.0. The molecule has 1 fully saturated rings. The summed E-state index contributed by atoms with van der Waals surface area (Å²) in [4.78, 5) is 31.3. The van der Waals surface area contributed by atoms with Gasteiger partial charge in [-0.05, 0) is 66.8 Å². The molecule has 4 aromatic rings. The van der Waals surface area contributed by atoms with Gasteiger partial charge in [-0.25, -0.2) is 4.79 Å². The van der Waals surface area contributed by atoms with Crippen LogP contribution in [0.5, 0.6) is 23.0 Å². The highest BCUT2D eigenvalue weighted by Crippen LogP contribution is 2.38.